The molecule has 0 saturated heterocycles. The zero-order valence-electron chi connectivity index (χ0n) is 8.62. The molecular formula is C10H19NO2S. The summed E-state index contributed by atoms with van der Waals surface area (Å²) in [6, 6.07) is 0. The predicted octanol–water partition coefficient (Wildman–Crippen LogP) is 0.831. The Morgan fingerprint density at radius 3 is 2.71 bits per heavy atom. The maximum atomic E-state index is 11.5. The van der Waals surface area contributed by atoms with Gasteiger partial charge in [-0.05, 0) is 29.9 Å². The Bertz CT molecular complexity index is 204. The number of amides is 1. The quantitative estimate of drug-likeness (QED) is 0.577. The molecule has 1 rings (SSSR count). The van der Waals surface area contributed by atoms with Crippen LogP contribution in [0.3, 0.4) is 0 Å². The van der Waals surface area contributed by atoms with Crippen LogP contribution in [0.2, 0.25) is 0 Å². The van der Waals surface area contributed by atoms with Crippen molar-refractivity contribution in [1.82, 2.24) is 5.32 Å². The van der Waals surface area contributed by atoms with Gasteiger partial charge in [-0.15, -0.1) is 0 Å². The minimum atomic E-state index is 0.0943. The Kier molecular flexibility index (Phi) is 4.26. The summed E-state index contributed by atoms with van der Waals surface area (Å²) in [5.41, 5.74) is 0.190. The zero-order valence-corrected chi connectivity index (χ0v) is 9.52. The van der Waals surface area contributed by atoms with Crippen LogP contribution in [0.4, 0.5) is 0 Å². The molecule has 4 heteroatoms. The Balaban J connectivity index is 2.16. The van der Waals surface area contributed by atoms with Crippen LogP contribution in [0.1, 0.15) is 26.2 Å². The summed E-state index contributed by atoms with van der Waals surface area (Å²) >= 11 is 4.25. The highest BCUT2D eigenvalue weighted by molar-refractivity contribution is 7.80. The summed E-state index contributed by atoms with van der Waals surface area (Å²) in [5, 5.41) is 11.6. The van der Waals surface area contributed by atoms with Gasteiger partial charge in [-0.3, -0.25) is 4.79 Å². The maximum absolute atomic E-state index is 11.5. The second-order valence-electron chi connectivity index (χ2n) is 4.43. The maximum Gasteiger partial charge on any atom is 0.220 e. The average Bonchev–Trinajstić information content (AvgIpc) is 2.95. The van der Waals surface area contributed by atoms with Gasteiger partial charge in [0.25, 0.3) is 0 Å². The monoisotopic (exact) mass is 217 g/mol. The van der Waals surface area contributed by atoms with Crippen LogP contribution in [-0.4, -0.2) is 29.9 Å². The molecule has 1 unspecified atom stereocenters. The molecule has 0 aromatic carbocycles. The molecule has 0 aliphatic heterocycles. The Labute approximate surface area is 90.7 Å². The highest BCUT2D eigenvalue weighted by Gasteiger charge is 2.42. The fraction of sp³-hybridized carbons (Fsp3) is 0.900. The normalized spacial score (nSPS) is 20.2. The fourth-order valence-corrected chi connectivity index (χ4v) is 1.75. The number of aliphatic hydroxyl groups excluding tert-OH is 1. The number of hydrogen-bond acceptors (Lipinski definition) is 3. The third kappa shape index (κ3) is 3.50. The number of aliphatic hydroxyl groups is 1. The van der Waals surface area contributed by atoms with E-state index in [1.807, 2.05) is 6.92 Å². The molecule has 1 saturated carbocycles. The van der Waals surface area contributed by atoms with Crippen molar-refractivity contribution in [3.63, 3.8) is 0 Å². The lowest BCUT2D eigenvalue weighted by Gasteiger charge is -2.13. The average molecular weight is 217 g/mol. The first-order chi connectivity index (χ1) is 6.62. The Morgan fingerprint density at radius 2 is 2.29 bits per heavy atom. The molecule has 3 nitrogen and oxygen atoms in total. The summed E-state index contributed by atoms with van der Waals surface area (Å²) in [5.74, 6) is 1.04. The first-order valence-electron chi connectivity index (χ1n) is 5.10. The van der Waals surface area contributed by atoms with E-state index in [2.05, 4.69) is 17.9 Å². The van der Waals surface area contributed by atoms with Crippen molar-refractivity contribution in [3.8, 4) is 0 Å². The largest absolute Gasteiger partial charge is 0.396 e. The summed E-state index contributed by atoms with van der Waals surface area (Å²) in [6.45, 7) is 2.60. The molecule has 2 N–H and O–H groups in total. The van der Waals surface area contributed by atoms with Crippen LogP contribution >= 0.6 is 12.6 Å². The lowest BCUT2D eigenvalue weighted by Crippen LogP contribution is -2.31. The molecule has 0 spiro atoms. The Hall–Kier alpha value is -0.220. The van der Waals surface area contributed by atoms with Crippen molar-refractivity contribution in [1.29, 1.82) is 0 Å². The molecule has 14 heavy (non-hydrogen) atoms. The van der Waals surface area contributed by atoms with Crippen molar-refractivity contribution >= 4 is 18.5 Å². The minimum Gasteiger partial charge on any atom is -0.396 e. The van der Waals surface area contributed by atoms with Gasteiger partial charge in [0.1, 0.15) is 0 Å². The summed E-state index contributed by atoms with van der Waals surface area (Å²) < 4.78 is 0. The van der Waals surface area contributed by atoms with Gasteiger partial charge in [0.05, 0.1) is 0 Å². The molecule has 1 aliphatic rings. The first kappa shape index (κ1) is 11.9. The number of hydrogen-bond donors (Lipinski definition) is 3. The smallest absolute Gasteiger partial charge is 0.220 e. The topological polar surface area (TPSA) is 49.3 Å². The van der Waals surface area contributed by atoms with Crippen LogP contribution in [0.5, 0.6) is 0 Å². The van der Waals surface area contributed by atoms with E-state index in [-0.39, 0.29) is 23.8 Å². The summed E-state index contributed by atoms with van der Waals surface area (Å²) in [7, 11) is 0. The van der Waals surface area contributed by atoms with Crippen molar-refractivity contribution in [3.05, 3.63) is 0 Å². The number of carbonyl (C=O) groups excluding carboxylic acids is 1. The zero-order chi connectivity index (χ0) is 10.6. The molecule has 1 atom stereocenters. The second-order valence-corrected chi connectivity index (χ2v) is 4.74. The number of rotatable bonds is 6. The molecule has 0 aromatic rings. The minimum absolute atomic E-state index is 0.0943. The van der Waals surface area contributed by atoms with Gasteiger partial charge in [0.15, 0.2) is 0 Å². The Morgan fingerprint density at radius 1 is 1.64 bits per heavy atom. The molecule has 0 bridgehead atoms. The third-order valence-electron chi connectivity index (χ3n) is 2.79. The number of carbonyl (C=O) groups is 1. The predicted molar refractivity (Wildman–Crippen MR) is 59.4 cm³/mol. The van der Waals surface area contributed by atoms with Gasteiger partial charge < -0.3 is 10.4 Å². The molecule has 1 aliphatic carbocycles. The van der Waals surface area contributed by atoms with E-state index in [9.17, 15) is 4.79 Å². The van der Waals surface area contributed by atoms with Gasteiger partial charge in [0, 0.05) is 19.6 Å². The highest BCUT2D eigenvalue weighted by atomic mass is 32.1. The molecule has 0 radical (unpaired) electrons. The van der Waals surface area contributed by atoms with E-state index in [4.69, 9.17) is 5.11 Å². The lowest BCUT2D eigenvalue weighted by molar-refractivity contribution is -0.122. The second kappa shape index (κ2) is 5.03. The molecule has 1 amide bonds. The molecule has 1 fully saturated rings. The highest BCUT2D eigenvalue weighted by Crippen LogP contribution is 2.49. The number of thiol groups is 1. The fourth-order valence-electron chi connectivity index (χ4n) is 1.32. The number of nitrogens with one attached hydrogen (secondary N) is 1. The van der Waals surface area contributed by atoms with E-state index < -0.39 is 0 Å². The van der Waals surface area contributed by atoms with Gasteiger partial charge in [0.2, 0.25) is 5.91 Å². The molecule has 0 heterocycles. The van der Waals surface area contributed by atoms with Gasteiger partial charge in [-0.2, -0.15) is 12.6 Å². The summed E-state index contributed by atoms with van der Waals surface area (Å²) in [4.78, 5) is 11.5. The van der Waals surface area contributed by atoms with Gasteiger partial charge in [-0.1, -0.05) is 6.92 Å². The first-order valence-corrected chi connectivity index (χ1v) is 5.73. The van der Waals surface area contributed by atoms with E-state index >= 15 is 0 Å². The van der Waals surface area contributed by atoms with Crippen LogP contribution in [0, 0.1) is 11.3 Å². The lowest BCUT2D eigenvalue weighted by atomic mass is 10.0. The van der Waals surface area contributed by atoms with E-state index in [1.165, 1.54) is 0 Å². The van der Waals surface area contributed by atoms with E-state index in [1.54, 1.807) is 0 Å². The molecule has 0 aromatic heterocycles. The van der Waals surface area contributed by atoms with Crippen LogP contribution in [0.25, 0.3) is 0 Å². The molecule has 82 valence electrons. The van der Waals surface area contributed by atoms with Crippen molar-refractivity contribution in [2.24, 2.45) is 11.3 Å². The van der Waals surface area contributed by atoms with Crippen molar-refractivity contribution < 1.29 is 9.90 Å². The van der Waals surface area contributed by atoms with Crippen molar-refractivity contribution in [2.75, 3.05) is 18.9 Å². The van der Waals surface area contributed by atoms with Gasteiger partial charge >= 0.3 is 0 Å². The standard InChI is InChI=1S/C10H19NO2S/c1-8(6-12)5-11-9(13)4-10(7-14)2-3-10/h8,12,14H,2-7H2,1H3,(H,11,13). The molecular weight excluding hydrogens is 198 g/mol. The SMILES string of the molecule is CC(CO)CNC(=O)CC1(CS)CC1. The van der Waals surface area contributed by atoms with E-state index in [0.717, 1.165) is 18.6 Å². The van der Waals surface area contributed by atoms with Crippen LogP contribution in [-0.2, 0) is 4.79 Å². The van der Waals surface area contributed by atoms with Crippen LogP contribution < -0.4 is 5.32 Å². The summed E-state index contributed by atoms with van der Waals surface area (Å²) in [6.07, 6.45) is 2.84. The van der Waals surface area contributed by atoms with Crippen molar-refractivity contribution in [2.45, 2.75) is 26.2 Å². The van der Waals surface area contributed by atoms with Gasteiger partial charge in [-0.25, -0.2) is 0 Å². The van der Waals surface area contributed by atoms with Crippen LogP contribution in [0.15, 0.2) is 0 Å². The van der Waals surface area contributed by atoms with E-state index in [0.29, 0.717) is 13.0 Å². The third-order valence-corrected chi connectivity index (χ3v) is 3.46.